The van der Waals surface area contributed by atoms with Gasteiger partial charge in [0, 0.05) is 0 Å². The Morgan fingerprint density at radius 3 is 1.55 bits per heavy atom. The summed E-state index contributed by atoms with van der Waals surface area (Å²) >= 11 is -3.74. The summed E-state index contributed by atoms with van der Waals surface area (Å²) in [5.41, 5.74) is 0. The van der Waals surface area contributed by atoms with E-state index in [-0.39, 0.29) is 0 Å². The van der Waals surface area contributed by atoms with Crippen LogP contribution in [-0.2, 0) is 6.21 Å². The molecule has 0 radical (unpaired) electrons. The number of rotatable bonds is 6. The van der Waals surface area contributed by atoms with Gasteiger partial charge in [0.25, 0.3) is 0 Å². The van der Waals surface area contributed by atoms with E-state index in [0.717, 1.165) is 25.7 Å². The van der Waals surface area contributed by atoms with Crippen molar-refractivity contribution in [1.82, 2.24) is 0 Å². The van der Waals surface area contributed by atoms with Gasteiger partial charge in [-0.1, -0.05) is 0 Å². The molecule has 68 valence electrons. The van der Waals surface area contributed by atoms with Gasteiger partial charge in [-0.15, -0.1) is 0 Å². The molecule has 3 heteroatoms. The van der Waals surface area contributed by atoms with Crippen LogP contribution in [0, 0.1) is 0 Å². The van der Waals surface area contributed by atoms with Crippen LogP contribution in [0.2, 0.25) is 8.94 Å². The molecule has 0 aromatic rings. The van der Waals surface area contributed by atoms with Crippen molar-refractivity contribution in [3.63, 3.8) is 0 Å². The van der Waals surface area contributed by atoms with Crippen molar-refractivity contribution in [1.29, 1.82) is 0 Å². The van der Waals surface area contributed by atoms with E-state index in [4.69, 9.17) is 0 Å². The fraction of sp³-hybridized carbons (Fsp3) is 1.00. The molecule has 11 heavy (non-hydrogen) atoms. The zero-order chi connectivity index (χ0) is 8.74. The second-order valence-corrected chi connectivity index (χ2v) is 9.43. The van der Waals surface area contributed by atoms with Crippen LogP contribution in [0.25, 0.3) is 0 Å². The van der Waals surface area contributed by atoms with Gasteiger partial charge in [-0.3, -0.25) is 0 Å². The standard InChI is InChI=1S/C8H18O2Te/c1-3-5-7-11(9,10)8-6-4-2/h3-8H2,1-2H3. The first-order valence-electron chi connectivity index (χ1n) is 4.32. The summed E-state index contributed by atoms with van der Waals surface area (Å²) in [6.07, 6.45) is 3.70. The van der Waals surface area contributed by atoms with Crippen LogP contribution < -0.4 is 0 Å². The molecule has 0 aliphatic carbocycles. The molecule has 0 amide bonds. The van der Waals surface area contributed by atoms with Crippen LogP contribution >= 0.6 is 0 Å². The molecule has 2 nitrogen and oxygen atoms in total. The fourth-order valence-electron chi connectivity index (χ4n) is 0.831. The van der Waals surface area contributed by atoms with E-state index in [1.54, 1.807) is 0 Å². The topological polar surface area (TPSA) is 34.1 Å². The Morgan fingerprint density at radius 1 is 0.909 bits per heavy atom. The Bertz CT molecular complexity index is 157. The van der Waals surface area contributed by atoms with Crippen molar-refractivity contribution in [3.8, 4) is 0 Å². The van der Waals surface area contributed by atoms with Crippen molar-refractivity contribution >= 4 is 18.1 Å². The quantitative estimate of drug-likeness (QED) is 0.698. The average Bonchev–Trinajstić information content (AvgIpc) is 1.97. The van der Waals surface area contributed by atoms with Gasteiger partial charge in [-0.2, -0.15) is 0 Å². The van der Waals surface area contributed by atoms with E-state index in [9.17, 15) is 6.21 Å². The van der Waals surface area contributed by atoms with Crippen LogP contribution in [0.1, 0.15) is 39.5 Å². The van der Waals surface area contributed by atoms with Crippen LogP contribution in [0.5, 0.6) is 0 Å². The first-order valence-corrected chi connectivity index (χ1v) is 9.52. The molecule has 0 rings (SSSR count). The summed E-state index contributed by atoms with van der Waals surface area (Å²) in [6.45, 7) is 4.05. The molecule has 0 aromatic heterocycles. The van der Waals surface area contributed by atoms with Gasteiger partial charge in [0.05, 0.1) is 0 Å². The molecule has 0 N–H and O–H groups in total. The molecule has 0 aromatic carbocycles. The van der Waals surface area contributed by atoms with Crippen molar-refractivity contribution in [2.75, 3.05) is 0 Å². The molecule has 0 fully saturated rings. The van der Waals surface area contributed by atoms with E-state index in [0.29, 0.717) is 8.94 Å². The SMILES string of the molecule is CCCC[Te](=O)(=O)CCCC. The van der Waals surface area contributed by atoms with E-state index >= 15 is 0 Å². The predicted molar refractivity (Wildman–Crippen MR) is 46.6 cm³/mol. The molecule has 0 spiro atoms. The number of hydrogen-bond donors (Lipinski definition) is 0. The van der Waals surface area contributed by atoms with Crippen molar-refractivity contribution in [3.05, 3.63) is 0 Å². The van der Waals surface area contributed by atoms with Crippen LogP contribution in [0.15, 0.2) is 0 Å². The van der Waals surface area contributed by atoms with Crippen molar-refractivity contribution in [2.45, 2.75) is 48.5 Å². The fourth-order valence-corrected chi connectivity index (χ4v) is 5.57. The summed E-state index contributed by atoms with van der Waals surface area (Å²) in [6, 6.07) is 0. The van der Waals surface area contributed by atoms with Crippen LogP contribution in [-0.4, -0.2) is 18.1 Å². The van der Waals surface area contributed by atoms with Crippen LogP contribution in [0.4, 0.5) is 0 Å². The zero-order valence-corrected chi connectivity index (χ0v) is 9.80. The van der Waals surface area contributed by atoms with E-state index in [1.807, 2.05) is 13.8 Å². The summed E-state index contributed by atoms with van der Waals surface area (Å²) in [5.74, 6) is 0. The Labute approximate surface area is 72.9 Å². The summed E-state index contributed by atoms with van der Waals surface area (Å²) in [7, 11) is 0. The Morgan fingerprint density at radius 2 is 1.27 bits per heavy atom. The Hall–Kier alpha value is 0.390. The minimum atomic E-state index is -3.74. The van der Waals surface area contributed by atoms with Gasteiger partial charge in [-0.25, -0.2) is 0 Å². The number of unbranched alkanes of at least 4 members (excludes halogenated alkanes) is 2. The van der Waals surface area contributed by atoms with Crippen molar-refractivity contribution < 1.29 is 6.21 Å². The summed E-state index contributed by atoms with van der Waals surface area (Å²) in [4.78, 5) is 0. The molecule has 0 saturated carbocycles. The third-order valence-corrected chi connectivity index (χ3v) is 6.82. The van der Waals surface area contributed by atoms with Crippen LogP contribution in [0.3, 0.4) is 0 Å². The zero-order valence-electron chi connectivity index (χ0n) is 7.47. The van der Waals surface area contributed by atoms with Gasteiger partial charge < -0.3 is 0 Å². The van der Waals surface area contributed by atoms with Gasteiger partial charge in [0.1, 0.15) is 0 Å². The Balaban J connectivity index is 3.63. The summed E-state index contributed by atoms with van der Waals surface area (Å²) < 4.78 is 23.5. The van der Waals surface area contributed by atoms with Gasteiger partial charge in [0.2, 0.25) is 0 Å². The second kappa shape index (κ2) is 5.97. The van der Waals surface area contributed by atoms with E-state index in [1.165, 1.54) is 0 Å². The molecule has 0 bridgehead atoms. The monoisotopic (exact) mass is 276 g/mol. The van der Waals surface area contributed by atoms with E-state index < -0.39 is 18.1 Å². The third-order valence-electron chi connectivity index (χ3n) is 1.62. The van der Waals surface area contributed by atoms with Crippen molar-refractivity contribution in [2.24, 2.45) is 0 Å². The minimum absolute atomic E-state index is 0.485. The normalized spacial score (nSPS) is 11.8. The third kappa shape index (κ3) is 6.77. The average molecular weight is 274 g/mol. The first-order chi connectivity index (χ1) is 5.12. The van der Waals surface area contributed by atoms with E-state index in [2.05, 4.69) is 0 Å². The summed E-state index contributed by atoms with van der Waals surface area (Å²) in [5, 5.41) is 0. The molecule has 0 unspecified atom stereocenters. The number of hydrogen-bond acceptors (Lipinski definition) is 2. The Kier molecular flexibility index (Phi) is 6.18. The molecular formula is C8H18O2Te. The van der Waals surface area contributed by atoms with Gasteiger partial charge in [0.15, 0.2) is 0 Å². The first kappa shape index (κ1) is 11.4. The molecule has 0 heterocycles. The van der Waals surface area contributed by atoms with Gasteiger partial charge >= 0.3 is 72.8 Å². The molecule has 0 saturated heterocycles. The molecule has 0 aliphatic heterocycles. The van der Waals surface area contributed by atoms with Gasteiger partial charge in [-0.05, 0) is 0 Å². The molecule has 0 aliphatic rings. The molecule has 0 atom stereocenters. The maximum atomic E-state index is 11.3. The predicted octanol–water partition coefficient (Wildman–Crippen LogP) is 2.89. The molecular weight excluding hydrogens is 256 g/mol. The maximum absolute atomic E-state index is 11.3. The second-order valence-electron chi connectivity index (χ2n) is 2.86.